The molecule has 1 rings (SSSR count). The van der Waals surface area contributed by atoms with Crippen LogP contribution in [0.1, 0.15) is 13.3 Å². The molecule has 1 aromatic rings. The van der Waals surface area contributed by atoms with Crippen molar-refractivity contribution < 1.29 is 19.7 Å². The van der Waals surface area contributed by atoms with Gasteiger partial charge >= 0.3 is 5.97 Å². The third-order valence-corrected chi connectivity index (χ3v) is 3.11. The number of hydrogen-bond acceptors (Lipinski definition) is 5. The largest absolute Gasteiger partial charge is 0.508 e. The average Bonchev–Trinajstić information content (AvgIpc) is 2.27. The predicted octanol–water partition coefficient (Wildman–Crippen LogP) is 1.80. The standard InChI is InChI=1S/C12H16O4S/c1-2-16-12(15)7-10(14)8-17-11-5-3-4-9(13)6-11/h3-6,10,13-14H,2,7-8H2,1H3. The van der Waals surface area contributed by atoms with Crippen LogP contribution in [0, 0.1) is 0 Å². The first-order valence-corrected chi connectivity index (χ1v) is 6.36. The summed E-state index contributed by atoms with van der Waals surface area (Å²) in [6.45, 7) is 2.05. The maximum atomic E-state index is 11.1. The first-order chi connectivity index (χ1) is 8.11. The smallest absolute Gasteiger partial charge is 0.308 e. The molecule has 0 spiro atoms. The average molecular weight is 256 g/mol. The maximum Gasteiger partial charge on any atom is 0.308 e. The summed E-state index contributed by atoms with van der Waals surface area (Å²) in [5.41, 5.74) is 0. The van der Waals surface area contributed by atoms with Crippen LogP contribution < -0.4 is 0 Å². The van der Waals surface area contributed by atoms with Crippen molar-refractivity contribution in [3.05, 3.63) is 24.3 Å². The van der Waals surface area contributed by atoms with E-state index in [9.17, 15) is 15.0 Å². The Labute approximate surface area is 105 Å². The zero-order chi connectivity index (χ0) is 12.7. The molecule has 1 atom stereocenters. The Morgan fingerprint density at radius 2 is 2.29 bits per heavy atom. The van der Waals surface area contributed by atoms with E-state index in [4.69, 9.17) is 4.74 Å². The number of rotatable bonds is 6. The number of hydrogen-bond donors (Lipinski definition) is 2. The van der Waals surface area contributed by atoms with Crippen LogP contribution in [-0.4, -0.2) is 34.6 Å². The van der Waals surface area contributed by atoms with Crippen molar-refractivity contribution in [2.45, 2.75) is 24.3 Å². The summed E-state index contributed by atoms with van der Waals surface area (Å²) in [6.07, 6.45) is -0.735. The second-order valence-corrected chi connectivity index (χ2v) is 4.56. The van der Waals surface area contributed by atoms with Gasteiger partial charge in [0.15, 0.2) is 0 Å². The lowest BCUT2D eigenvalue weighted by atomic mass is 10.3. The Morgan fingerprint density at radius 1 is 1.53 bits per heavy atom. The Balaban J connectivity index is 2.33. The monoisotopic (exact) mass is 256 g/mol. The zero-order valence-electron chi connectivity index (χ0n) is 9.63. The number of carbonyl (C=O) groups is 1. The highest BCUT2D eigenvalue weighted by Crippen LogP contribution is 2.23. The molecule has 0 heterocycles. The number of ether oxygens (including phenoxy) is 1. The lowest BCUT2D eigenvalue weighted by Gasteiger charge is -2.09. The summed E-state index contributed by atoms with van der Waals surface area (Å²) < 4.78 is 4.74. The van der Waals surface area contributed by atoms with Crippen molar-refractivity contribution in [1.82, 2.24) is 0 Å². The summed E-state index contributed by atoms with van der Waals surface area (Å²) in [7, 11) is 0. The van der Waals surface area contributed by atoms with Crippen molar-refractivity contribution in [2.24, 2.45) is 0 Å². The zero-order valence-corrected chi connectivity index (χ0v) is 10.4. The highest BCUT2D eigenvalue weighted by Gasteiger charge is 2.11. The minimum absolute atomic E-state index is 0.000342. The molecule has 0 aromatic heterocycles. The van der Waals surface area contributed by atoms with Gasteiger partial charge in [-0.05, 0) is 25.1 Å². The number of phenols is 1. The van der Waals surface area contributed by atoms with Gasteiger partial charge < -0.3 is 14.9 Å². The Kier molecular flexibility index (Phi) is 5.86. The van der Waals surface area contributed by atoms with Gasteiger partial charge in [0.2, 0.25) is 0 Å². The van der Waals surface area contributed by atoms with Gasteiger partial charge in [-0.15, -0.1) is 11.8 Å². The fraction of sp³-hybridized carbons (Fsp3) is 0.417. The molecule has 4 nitrogen and oxygen atoms in total. The van der Waals surface area contributed by atoms with Crippen LogP contribution in [0.15, 0.2) is 29.2 Å². The summed E-state index contributed by atoms with van der Waals surface area (Å²) in [6, 6.07) is 6.76. The molecule has 2 N–H and O–H groups in total. The number of benzene rings is 1. The van der Waals surface area contributed by atoms with E-state index in [0.29, 0.717) is 12.4 Å². The van der Waals surface area contributed by atoms with E-state index in [1.54, 1.807) is 25.1 Å². The number of aliphatic hydroxyl groups is 1. The van der Waals surface area contributed by atoms with Gasteiger partial charge in [-0.3, -0.25) is 4.79 Å². The Bertz CT molecular complexity index is 367. The molecule has 1 unspecified atom stereocenters. The summed E-state index contributed by atoms with van der Waals surface area (Å²) in [5, 5.41) is 18.8. The molecule has 0 aliphatic rings. The lowest BCUT2D eigenvalue weighted by Crippen LogP contribution is -2.17. The van der Waals surface area contributed by atoms with Crippen LogP contribution in [0.4, 0.5) is 0 Å². The highest BCUT2D eigenvalue weighted by molar-refractivity contribution is 7.99. The van der Waals surface area contributed by atoms with Crippen molar-refractivity contribution in [3.8, 4) is 5.75 Å². The molecule has 0 amide bonds. The fourth-order valence-electron chi connectivity index (χ4n) is 1.24. The quantitative estimate of drug-likeness (QED) is 0.600. The molecule has 0 fully saturated rings. The van der Waals surface area contributed by atoms with Gasteiger partial charge in [-0.2, -0.15) is 0 Å². The van der Waals surface area contributed by atoms with Gasteiger partial charge in [0.1, 0.15) is 5.75 Å². The molecule has 5 heteroatoms. The van der Waals surface area contributed by atoms with E-state index < -0.39 is 12.1 Å². The number of aromatic hydroxyl groups is 1. The first-order valence-electron chi connectivity index (χ1n) is 5.37. The van der Waals surface area contributed by atoms with Crippen LogP contribution in [-0.2, 0) is 9.53 Å². The minimum Gasteiger partial charge on any atom is -0.508 e. The summed E-state index contributed by atoms with van der Waals surface area (Å²) >= 11 is 1.38. The molecule has 1 aromatic carbocycles. The number of aliphatic hydroxyl groups excluding tert-OH is 1. The van der Waals surface area contributed by atoms with Crippen molar-refractivity contribution in [2.75, 3.05) is 12.4 Å². The molecule has 0 saturated heterocycles. The van der Waals surface area contributed by atoms with Gasteiger partial charge in [-0.25, -0.2) is 0 Å². The summed E-state index contributed by atoms with van der Waals surface area (Å²) in [4.78, 5) is 11.9. The third kappa shape index (κ3) is 5.60. The van der Waals surface area contributed by atoms with E-state index in [0.717, 1.165) is 4.90 Å². The van der Waals surface area contributed by atoms with Crippen LogP contribution in [0.3, 0.4) is 0 Å². The topological polar surface area (TPSA) is 66.8 Å². The molecule has 17 heavy (non-hydrogen) atoms. The van der Waals surface area contributed by atoms with Crippen molar-refractivity contribution in [1.29, 1.82) is 0 Å². The highest BCUT2D eigenvalue weighted by atomic mass is 32.2. The SMILES string of the molecule is CCOC(=O)CC(O)CSc1cccc(O)c1. The lowest BCUT2D eigenvalue weighted by molar-refractivity contribution is -0.144. The molecule has 0 radical (unpaired) electrons. The van der Waals surface area contributed by atoms with Gasteiger partial charge in [0.25, 0.3) is 0 Å². The van der Waals surface area contributed by atoms with E-state index >= 15 is 0 Å². The van der Waals surface area contributed by atoms with Crippen LogP contribution in [0.5, 0.6) is 5.75 Å². The maximum absolute atomic E-state index is 11.1. The molecule has 94 valence electrons. The third-order valence-electron chi connectivity index (χ3n) is 1.97. The van der Waals surface area contributed by atoms with E-state index in [-0.39, 0.29) is 12.2 Å². The predicted molar refractivity (Wildman–Crippen MR) is 66.1 cm³/mol. The molecular formula is C12H16O4S. The van der Waals surface area contributed by atoms with Crippen LogP contribution >= 0.6 is 11.8 Å². The molecule has 0 saturated carbocycles. The number of phenolic OH excluding ortho intramolecular Hbond substituents is 1. The van der Waals surface area contributed by atoms with Gasteiger partial charge in [-0.1, -0.05) is 6.07 Å². The number of thioether (sulfide) groups is 1. The second-order valence-electron chi connectivity index (χ2n) is 3.47. The normalized spacial score (nSPS) is 12.1. The van der Waals surface area contributed by atoms with E-state index in [2.05, 4.69) is 0 Å². The minimum atomic E-state index is -0.735. The first kappa shape index (κ1) is 13.9. The van der Waals surface area contributed by atoms with Gasteiger partial charge in [0, 0.05) is 10.6 Å². The van der Waals surface area contributed by atoms with Crippen LogP contribution in [0.2, 0.25) is 0 Å². The molecule has 0 aliphatic carbocycles. The Morgan fingerprint density at radius 3 is 2.94 bits per heavy atom. The number of esters is 1. The molecule has 0 bridgehead atoms. The molecular weight excluding hydrogens is 240 g/mol. The van der Waals surface area contributed by atoms with E-state index in [1.807, 2.05) is 6.07 Å². The van der Waals surface area contributed by atoms with E-state index in [1.165, 1.54) is 11.8 Å². The fourth-order valence-corrected chi connectivity index (χ4v) is 2.12. The van der Waals surface area contributed by atoms with Gasteiger partial charge in [0.05, 0.1) is 19.1 Å². The number of carbonyl (C=O) groups excluding carboxylic acids is 1. The van der Waals surface area contributed by atoms with Crippen molar-refractivity contribution >= 4 is 17.7 Å². The summed E-state index contributed by atoms with van der Waals surface area (Å²) in [5.74, 6) is 0.189. The van der Waals surface area contributed by atoms with Crippen LogP contribution in [0.25, 0.3) is 0 Å². The Hall–Kier alpha value is -1.20. The second kappa shape index (κ2) is 7.19. The molecule has 0 aliphatic heterocycles. The van der Waals surface area contributed by atoms with Crippen molar-refractivity contribution in [3.63, 3.8) is 0 Å².